The third-order valence-corrected chi connectivity index (χ3v) is 3.72. The SMILES string of the molecule is C=N/C(=N\c1ncc(Br)cc1C)N(C)Cc1ccc(OC)cc1. The molecule has 0 aliphatic heterocycles. The summed E-state index contributed by atoms with van der Waals surface area (Å²) in [6.07, 6.45) is 1.72. The van der Waals surface area contributed by atoms with Crippen molar-refractivity contribution < 1.29 is 4.74 Å². The molecule has 0 amide bonds. The van der Waals surface area contributed by atoms with E-state index in [0.29, 0.717) is 18.3 Å². The molecular formula is C17H19BrN4O. The number of methoxy groups -OCH3 is 1. The molecule has 0 aliphatic carbocycles. The number of aliphatic imine (C=N–C) groups is 2. The Morgan fingerprint density at radius 3 is 2.61 bits per heavy atom. The average molecular weight is 375 g/mol. The van der Waals surface area contributed by atoms with Gasteiger partial charge in [0.25, 0.3) is 0 Å². The van der Waals surface area contributed by atoms with Crippen LogP contribution in [0, 0.1) is 6.92 Å². The van der Waals surface area contributed by atoms with Gasteiger partial charge in [0.2, 0.25) is 5.96 Å². The van der Waals surface area contributed by atoms with Gasteiger partial charge in [-0.15, -0.1) is 0 Å². The molecule has 5 nitrogen and oxygen atoms in total. The maximum atomic E-state index is 5.17. The molecule has 1 aromatic heterocycles. The summed E-state index contributed by atoms with van der Waals surface area (Å²) >= 11 is 3.40. The smallest absolute Gasteiger partial charge is 0.226 e. The number of benzene rings is 1. The molecule has 0 atom stereocenters. The number of rotatable bonds is 4. The molecule has 23 heavy (non-hydrogen) atoms. The van der Waals surface area contributed by atoms with Gasteiger partial charge in [-0.2, -0.15) is 4.99 Å². The molecule has 1 aromatic carbocycles. The normalized spacial score (nSPS) is 11.2. The molecule has 0 fully saturated rings. The van der Waals surface area contributed by atoms with Crippen molar-refractivity contribution in [3.63, 3.8) is 0 Å². The number of hydrogen-bond donors (Lipinski definition) is 0. The van der Waals surface area contributed by atoms with Crippen LogP contribution in [0.2, 0.25) is 0 Å². The molecule has 1 heterocycles. The van der Waals surface area contributed by atoms with Crippen LogP contribution >= 0.6 is 15.9 Å². The predicted molar refractivity (Wildman–Crippen MR) is 97.8 cm³/mol. The van der Waals surface area contributed by atoms with Gasteiger partial charge < -0.3 is 9.64 Å². The molecule has 0 N–H and O–H groups in total. The molecule has 2 rings (SSSR count). The Labute approximate surface area is 144 Å². The second-order valence-electron chi connectivity index (χ2n) is 5.07. The van der Waals surface area contributed by atoms with Gasteiger partial charge in [-0.1, -0.05) is 12.1 Å². The first-order chi connectivity index (χ1) is 11.0. The summed E-state index contributed by atoms with van der Waals surface area (Å²) in [5.41, 5.74) is 2.10. The van der Waals surface area contributed by atoms with Crippen LogP contribution in [0.5, 0.6) is 5.75 Å². The fraction of sp³-hybridized carbons (Fsp3) is 0.235. The lowest BCUT2D eigenvalue weighted by Crippen LogP contribution is -2.24. The zero-order chi connectivity index (χ0) is 16.8. The lowest BCUT2D eigenvalue weighted by molar-refractivity contribution is 0.414. The van der Waals surface area contributed by atoms with Crippen LogP contribution < -0.4 is 4.74 Å². The van der Waals surface area contributed by atoms with Gasteiger partial charge in [0, 0.05) is 24.3 Å². The predicted octanol–water partition coefficient (Wildman–Crippen LogP) is 3.98. The molecule has 6 heteroatoms. The second-order valence-corrected chi connectivity index (χ2v) is 5.98. The lowest BCUT2D eigenvalue weighted by Gasteiger charge is -2.18. The van der Waals surface area contributed by atoms with E-state index in [1.54, 1.807) is 13.3 Å². The first kappa shape index (κ1) is 17.1. The molecule has 2 aromatic rings. The Morgan fingerprint density at radius 1 is 1.35 bits per heavy atom. The van der Waals surface area contributed by atoms with E-state index < -0.39 is 0 Å². The fourth-order valence-electron chi connectivity index (χ4n) is 2.06. The van der Waals surface area contributed by atoms with E-state index in [-0.39, 0.29) is 0 Å². The highest BCUT2D eigenvalue weighted by molar-refractivity contribution is 9.10. The van der Waals surface area contributed by atoms with Gasteiger partial charge in [0.15, 0.2) is 5.82 Å². The molecule has 0 saturated heterocycles. The third kappa shape index (κ3) is 4.63. The Bertz CT molecular complexity index is 713. The van der Waals surface area contributed by atoms with E-state index in [2.05, 4.69) is 37.6 Å². The van der Waals surface area contributed by atoms with Gasteiger partial charge in [0.05, 0.1) is 7.11 Å². The van der Waals surface area contributed by atoms with Crippen molar-refractivity contribution >= 4 is 34.4 Å². The maximum Gasteiger partial charge on any atom is 0.226 e. The fourth-order valence-corrected chi connectivity index (χ4v) is 2.51. The largest absolute Gasteiger partial charge is 0.497 e. The van der Waals surface area contributed by atoms with E-state index in [1.165, 1.54) is 0 Å². The number of hydrogen-bond acceptors (Lipinski definition) is 3. The number of aromatic nitrogens is 1. The van der Waals surface area contributed by atoms with Crippen molar-refractivity contribution in [2.75, 3.05) is 14.2 Å². The zero-order valence-corrected chi connectivity index (χ0v) is 15.0. The standard InChI is InChI=1S/C17H19BrN4O/c1-12-9-14(18)10-20-16(12)21-17(19-2)22(3)11-13-5-7-15(23-4)8-6-13/h5-10H,2,11H2,1,3-4H3/b21-17+. The van der Waals surface area contributed by atoms with Crippen molar-refractivity contribution in [1.29, 1.82) is 0 Å². The van der Waals surface area contributed by atoms with E-state index in [0.717, 1.165) is 21.3 Å². The monoisotopic (exact) mass is 374 g/mol. The molecule has 0 aliphatic rings. The molecule has 0 spiro atoms. The van der Waals surface area contributed by atoms with Gasteiger partial charge >= 0.3 is 0 Å². The first-order valence-electron chi connectivity index (χ1n) is 7.05. The lowest BCUT2D eigenvalue weighted by atomic mass is 10.2. The van der Waals surface area contributed by atoms with Crippen LogP contribution in [0.4, 0.5) is 5.82 Å². The average Bonchev–Trinajstić information content (AvgIpc) is 2.54. The van der Waals surface area contributed by atoms with Gasteiger partial charge in [-0.05, 0) is 58.9 Å². The highest BCUT2D eigenvalue weighted by Gasteiger charge is 2.08. The van der Waals surface area contributed by atoms with E-state index >= 15 is 0 Å². The van der Waals surface area contributed by atoms with E-state index in [1.807, 2.05) is 49.2 Å². The van der Waals surface area contributed by atoms with Crippen LogP contribution in [0.25, 0.3) is 0 Å². The summed E-state index contributed by atoms with van der Waals surface area (Å²) < 4.78 is 6.09. The summed E-state index contributed by atoms with van der Waals surface area (Å²) in [4.78, 5) is 14.8. The summed E-state index contributed by atoms with van der Waals surface area (Å²) in [5.74, 6) is 2.00. The van der Waals surface area contributed by atoms with E-state index in [4.69, 9.17) is 4.74 Å². The van der Waals surface area contributed by atoms with Crippen LogP contribution in [0.15, 0.2) is 51.0 Å². The van der Waals surface area contributed by atoms with Crippen molar-refractivity contribution in [2.24, 2.45) is 9.98 Å². The molecule has 0 radical (unpaired) electrons. The number of ether oxygens (including phenoxy) is 1. The molecule has 0 unspecified atom stereocenters. The Morgan fingerprint density at radius 2 is 2.04 bits per heavy atom. The highest BCUT2D eigenvalue weighted by Crippen LogP contribution is 2.20. The van der Waals surface area contributed by atoms with Crippen LogP contribution in [-0.2, 0) is 6.54 Å². The summed E-state index contributed by atoms with van der Waals surface area (Å²) in [7, 11) is 3.58. The van der Waals surface area contributed by atoms with Gasteiger partial charge in [-0.25, -0.2) is 9.98 Å². The minimum absolute atomic E-state index is 0.527. The number of pyridine rings is 1. The van der Waals surface area contributed by atoms with Crippen LogP contribution in [0.3, 0.4) is 0 Å². The van der Waals surface area contributed by atoms with Gasteiger partial charge in [-0.3, -0.25) is 0 Å². The Balaban J connectivity index is 2.18. The number of nitrogens with zero attached hydrogens (tertiary/aromatic N) is 4. The van der Waals surface area contributed by atoms with Crippen molar-refractivity contribution in [1.82, 2.24) is 9.88 Å². The topological polar surface area (TPSA) is 50.1 Å². The maximum absolute atomic E-state index is 5.17. The first-order valence-corrected chi connectivity index (χ1v) is 7.84. The number of aryl methyl sites for hydroxylation is 1. The molecule has 120 valence electrons. The Kier molecular flexibility index (Phi) is 5.87. The molecular weight excluding hydrogens is 356 g/mol. The highest BCUT2D eigenvalue weighted by atomic mass is 79.9. The zero-order valence-electron chi connectivity index (χ0n) is 13.5. The summed E-state index contributed by atoms with van der Waals surface area (Å²) in [6.45, 7) is 6.24. The molecule has 0 saturated carbocycles. The van der Waals surface area contributed by atoms with Crippen molar-refractivity contribution in [2.45, 2.75) is 13.5 Å². The summed E-state index contributed by atoms with van der Waals surface area (Å²) in [6, 6.07) is 9.86. The quantitative estimate of drug-likeness (QED) is 0.600. The Hall–Kier alpha value is -2.21. The van der Waals surface area contributed by atoms with E-state index in [9.17, 15) is 0 Å². The van der Waals surface area contributed by atoms with Crippen LogP contribution in [0.1, 0.15) is 11.1 Å². The minimum atomic E-state index is 0.527. The van der Waals surface area contributed by atoms with Crippen molar-refractivity contribution in [3.8, 4) is 5.75 Å². The van der Waals surface area contributed by atoms with Gasteiger partial charge in [0.1, 0.15) is 5.75 Å². The molecule has 0 bridgehead atoms. The second kappa shape index (κ2) is 7.87. The van der Waals surface area contributed by atoms with Crippen molar-refractivity contribution in [3.05, 3.63) is 52.1 Å². The minimum Gasteiger partial charge on any atom is -0.497 e. The third-order valence-electron chi connectivity index (χ3n) is 3.28. The summed E-state index contributed by atoms with van der Waals surface area (Å²) in [5, 5.41) is 0. The number of halogens is 1. The number of guanidine groups is 1. The van der Waals surface area contributed by atoms with Crippen LogP contribution in [-0.4, -0.2) is 36.7 Å².